The minimum atomic E-state index is -0.349. The van der Waals surface area contributed by atoms with Crippen molar-refractivity contribution in [2.45, 2.75) is 51.7 Å². The lowest BCUT2D eigenvalue weighted by molar-refractivity contribution is -0.134. The van der Waals surface area contributed by atoms with Gasteiger partial charge in [-0.25, -0.2) is 4.79 Å². The highest BCUT2D eigenvalue weighted by Crippen LogP contribution is 2.17. The summed E-state index contributed by atoms with van der Waals surface area (Å²) in [7, 11) is 0. The fraction of sp³-hybridized carbons (Fsp3) is 0.824. The first kappa shape index (κ1) is 19.5. The van der Waals surface area contributed by atoms with Gasteiger partial charge in [0.15, 0.2) is 0 Å². The molecule has 142 valence electrons. The Hall–Kier alpha value is -1.83. The molecule has 8 nitrogen and oxygen atoms in total. The summed E-state index contributed by atoms with van der Waals surface area (Å²) < 4.78 is 10.4. The maximum atomic E-state index is 12.0. The Kier molecular flexibility index (Phi) is 7.49. The van der Waals surface area contributed by atoms with E-state index in [1.54, 1.807) is 23.6 Å². The zero-order valence-electron chi connectivity index (χ0n) is 15.2. The lowest BCUT2D eigenvalue weighted by Gasteiger charge is -2.37. The van der Waals surface area contributed by atoms with Crippen LogP contribution in [0.4, 0.5) is 4.79 Å². The first-order valence-electron chi connectivity index (χ1n) is 9.11. The van der Waals surface area contributed by atoms with Crippen LogP contribution in [0, 0.1) is 0 Å². The van der Waals surface area contributed by atoms with Gasteiger partial charge < -0.3 is 24.6 Å². The molecule has 3 amide bonds. The second-order valence-corrected chi connectivity index (χ2v) is 6.42. The molecule has 0 aromatic heterocycles. The van der Waals surface area contributed by atoms with E-state index in [1.165, 1.54) is 0 Å². The predicted molar refractivity (Wildman–Crippen MR) is 91.0 cm³/mol. The molecule has 2 aliphatic heterocycles. The molecular formula is C17H29N3O5. The highest BCUT2D eigenvalue weighted by molar-refractivity contribution is 5.81. The molecule has 0 aromatic carbocycles. The highest BCUT2D eigenvalue weighted by atomic mass is 16.6. The summed E-state index contributed by atoms with van der Waals surface area (Å²) in [5, 5.41) is 2.85. The number of hydrogen-bond acceptors (Lipinski definition) is 5. The van der Waals surface area contributed by atoms with Crippen LogP contribution in [0.25, 0.3) is 0 Å². The molecule has 0 saturated carbocycles. The van der Waals surface area contributed by atoms with Crippen LogP contribution < -0.4 is 5.32 Å². The third-order valence-corrected chi connectivity index (χ3v) is 4.71. The van der Waals surface area contributed by atoms with E-state index in [1.807, 2.05) is 0 Å². The number of hydrogen-bond donors (Lipinski definition) is 1. The molecule has 25 heavy (non-hydrogen) atoms. The third-order valence-electron chi connectivity index (χ3n) is 4.71. The van der Waals surface area contributed by atoms with Crippen molar-refractivity contribution in [3.8, 4) is 0 Å². The molecule has 0 bridgehead atoms. The molecule has 1 N–H and O–H groups in total. The molecule has 2 aliphatic rings. The van der Waals surface area contributed by atoms with Crippen LogP contribution in [0.5, 0.6) is 0 Å². The van der Waals surface area contributed by atoms with Crippen molar-refractivity contribution >= 4 is 17.9 Å². The zero-order chi connectivity index (χ0) is 18.2. The molecule has 0 spiro atoms. The number of carbonyl (C=O) groups is 3. The summed E-state index contributed by atoms with van der Waals surface area (Å²) >= 11 is 0. The molecule has 0 radical (unpaired) electrons. The number of ether oxygens (including phenoxy) is 2. The van der Waals surface area contributed by atoms with Crippen molar-refractivity contribution in [3.63, 3.8) is 0 Å². The van der Waals surface area contributed by atoms with Crippen molar-refractivity contribution in [3.05, 3.63) is 0 Å². The summed E-state index contributed by atoms with van der Waals surface area (Å²) in [5.74, 6) is -0.112. The molecular weight excluding hydrogens is 326 g/mol. The standard InChI is InChI=1S/C17H29N3O5/c1-3-24-17(23)19-9-6-14(7-10-19)20(13(2)21)11-8-18-16(22)15-5-4-12-25-15/h14-15H,3-12H2,1-2H3,(H,18,22). The smallest absolute Gasteiger partial charge is 0.409 e. The van der Waals surface area contributed by atoms with Crippen LogP contribution in [0.2, 0.25) is 0 Å². The van der Waals surface area contributed by atoms with Crippen molar-refractivity contribution in [1.29, 1.82) is 0 Å². The quantitative estimate of drug-likeness (QED) is 0.760. The number of rotatable bonds is 6. The number of likely N-dealkylation sites (tertiary alicyclic amines) is 1. The van der Waals surface area contributed by atoms with E-state index in [-0.39, 0.29) is 30.1 Å². The normalized spacial score (nSPS) is 21.0. The summed E-state index contributed by atoms with van der Waals surface area (Å²) in [6, 6.07) is 0.0859. The van der Waals surface area contributed by atoms with Crippen LogP contribution in [-0.2, 0) is 19.1 Å². The van der Waals surface area contributed by atoms with E-state index in [9.17, 15) is 14.4 Å². The number of amides is 3. The van der Waals surface area contributed by atoms with E-state index in [2.05, 4.69) is 5.32 Å². The maximum absolute atomic E-state index is 12.0. The summed E-state index contributed by atoms with van der Waals surface area (Å²) in [4.78, 5) is 39.1. The number of carbonyl (C=O) groups excluding carboxylic acids is 3. The van der Waals surface area contributed by atoms with Crippen molar-refractivity contribution in [2.75, 3.05) is 39.4 Å². The molecule has 0 aliphatic carbocycles. The topological polar surface area (TPSA) is 88.2 Å². The van der Waals surface area contributed by atoms with Crippen molar-refractivity contribution < 1.29 is 23.9 Å². The van der Waals surface area contributed by atoms with Gasteiger partial charge in [-0.3, -0.25) is 9.59 Å². The minimum Gasteiger partial charge on any atom is -0.450 e. The minimum absolute atomic E-state index is 0.0130. The van der Waals surface area contributed by atoms with Crippen LogP contribution in [0.1, 0.15) is 39.5 Å². The Morgan fingerprint density at radius 2 is 1.96 bits per heavy atom. The molecule has 2 rings (SSSR count). The van der Waals surface area contributed by atoms with Gasteiger partial charge in [-0.1, -0.05) is 0 Å². The number of piperidine rings is 1. The number of nitrogens with zero attached hydrogens (tertiary/aromatic N) is 2. The van der Waals surface area contributed by atoms with E-state index in [0.717, 1.165) is 25.7 Å². The Morgan fingerprint density at radius 3 is 2.52 bits per heavy atom. The van der Waals surface area contributed by atoms with Crippen molar-refractivity contribution in [2.24, 2.45) is 0 Å². The Balaban J connectivity index is 1.76. The largest absolute Gasteiger partial charge is 0.450 e. The van der Waals surface area contributed by atoms with Gasteiger partial charge in [0.05, 0.1) is 6.61 Å². The average Bonchev–Trinajstić information content (AvgIpc) is 3.13. The Labute approximate surface area is 148 Å². The lowest BCUT2D eigenvalue weighted by atomic mass is 10.0. The summed E-state index contributed by atoms with van der Waals surface area (Å²) in [6.45, 7) is 6.37. The molecule has 1 atom stereocenters. The van der Waals surface area contributed by atoms with E-state index < -0.39 is 0 Å². The van der Waals surface area contributed by atoms with Gasteiger partial charge in [0, 0.05) is 45.8 Å². The Morgan fingerprint density at radius 1 is 1.24 bits per heavy atom. The second-order valence-electron chi connectivity index (χ2n) is 6.42. The van der Waals surface area contributed by atoms with Crippen LogP contribution >= 0.6 is 0 Å². The van der Waals surface area contributed by atoms with Crippen LogP contribution in [0.15, 0.2) is 0 Å². The zero-order valence-corrected chi connectivity index (χ0v) is 15.2. The van der Waals surface area contributed by atoms with Gasteiger partial charge in [-0.05, 0) is 32.6 Å². The summed E-state index contributed by atoms with van der Waals surface area (Å²) in [5.41, 5.74) is 0. The van der Waals surface area contributed by atoms with Gasteiger partial charge in [-0.15, -0.1) is 0 Å². The lowest BCUT2D eigenvalue weighted by Crippen LogP contribution is -2.50. The molecule has 1 unspecified atom stereocenters. The average molecular weight is 355 g/mol. The number of nitrogens with one attached hydrogen (secondary N) is 1. The van der Waals surface area contributed by atoms with Gasteiger partial charge >= 0.3 is 6.09 Å². The highest BCUT2D eigenvalue weighted by Gasteiger charge is 2.29. The first-order valence-corrected chi connectivity index (χ1v) is 9.11. The fourth-order valence-electron chi connectivity index (χ4n) is 3.37. The van der Waals surface area contributed by atoms with E-state index in [0.29, 0.717) is 39.4 Å². The molecule has 8 heteroatoms. The fourth-order valence-corrected chi connectivity index (χ4v) is 3.37. The monoisotopic (exact) mass is 355 g/mol. The second kappa shape index (κ2) is 9.60. The summed E-state index contributed by atoms with van der Waals surface area (Å²) in [6.07, 6.45) is 2.47. The van der Waals surface area contributed by atoms with Crippen LogP contribution in [0.3, 0.4) is 0 Å². The van der Waals surface area contributed by atoms with Gasteiger partial charge in [-0.2, -0.15) is 0 Å². The molecule has 2 saturated heterocycles. The first-order chi connectivity index (χ1) is 12.0. The van der Waals surface area contributed by atoms with Gasteiger partial charge in [0.2, 0.25) is 11.8 Å². The van der Waals surface area contributed by atoms with Crippen molar-refractivity contribution in [1.82, 2.24) is 15.1 Å². The SMILES string of the molecule is CCOC(=O)N1CCC(N(CCNC(=O)C2CCCO2)C(C)=O)CC1. The van der Waals surface area contributed by atoms with E-state index in [4.69, 9.17) is 9.47 Å². The Bertz CT molecular complexity index is 471. The third kappa shape index (κ3) is 5.59. The molecule has 2 heterocycles. The predicted octanol–water partition coefficient (Wildman–Crippen LogP) is 0.751. The maximum Gasteiger partial charge on any atom is 0.409 e. The van der Waals surface area contributed by atoms with E-state index >= 15 is 0 Å². The molecule has 0 aromatic rings. The van der Waals surface area contributed by atoms with Gasteiger partial charge in [0.25, 0.3) is 0 Å². The molecule has 2 fully saturated rings. The van der Waals surface area contributed by atoms with Crippen LogP contribution in [-0.4, -0.2) is 79.2 Å². The van der Waals surface area contributed by atoms with Gasteiger partial charge in [0.1, 0.15) is 6.10 Å².